The summed E-state index contributed by atoms with van der Waals surface area (Å²) in [4.78, 5) is 11.3. The highest BCUT2D eigenvalue weighted by molar-refractivity contribution is 5.91. The average molecular weight is 190 g/mol. The Hall–Kier alpha value is -1.31. The highest BCUT2D eigenvalue weighted by Crippen LogP contribution is 2.36. The molecule has 1 aromatic carbocycles. The van der Waals surface area contributed by atoms with Gasteiger partial charge in [-0.1, -0.05) is 6.07 Å². The second-order valence-corrected chi connectivity index (χ2v) is 3.78. The first kappa shape index (κ1) is 9.25. The molecule has 0 bridgehead atoms. The molecule has 0 aromatic heterocycles. The fourth-order valence-corrected chi connectivity index (χ4v) is 1.86. The van der Waals surface area contributed by atoms with E-state index in [9.17, 15) is 4.79 Å². The summed E-state index contributed by atoms with van der Waals surface area (Å²) in [6.07, 6.45) is 1.73. The Morgan fingerprint density at radius 2 is 2.21 bits per heavy atom. The molecule has 0 heterocycles. The normalized spacial score (nSPS) is 20.4. The first-order valence-electron chi connectivity index (χ1n) is 4.89. The first-order chi connectivity index (χ1) is 6.72. The lowest BCUT2D eigenvalue weighted by Crippen LogP contribution is -2.23. The standard InChI is InChI=1S/C12H14O2/c1-8-3-4-9(14-2)7-11(8)10-5-6-12(10)13/h3-4,7,10H,5-6H2,1-2H3. The van der Waals surface area contributed by atoms with Gasteiger partial charge in [-0.3, -0.25) is 4.79 Å². The number of hydrogen-bond donors (Lipinski definition) is 0. The molecule has 1 saturated carbocycles. The molecule has 1 atom stereocenters. The zero-order valence-electron chi connectivity index (χ0n) is 8.54. The number of rotatable bonds is 2. The Bertz CT molecular complexity index is 369. The summed E-state index contributed by atoms with van der Waals surface area (Å²) >= 11 is 0. The average Bonchev–Trinajstić information content (AvgIpc) is 2.19. The van der Waals surface area contributed by atoms with Gasteiger partial charge in [0, 0.05) is 12.3 Å². The zero-order chi connectivity index (χ0) is 10.1. The van der Waals surface area contributed by atoms with Crippen LogP contribution in [-0.4, -0.2) is 12.9 Å². The number of aryl methyl sites for hydroxylation is 1. The summed E-state index contributed by atoms with van der Waals surface area (Å²) in [6, 6.07) is 5.93. The van der Waals surface area contributed by atoms with Crippen molar-refractivity contribution in [2.75, 3.05) is 7.11 Å². The van der Waals surface area contributed by atoms with Gasteiger partial charge in [0.15, 0.2) is 0 Å². The number of carbonyl (C=O) groups is 1. The lowest BCUT2D eigenvalue weighted by Gasteiger charge is -2.26. The molecule has 0 aliphatic heterocycles. The predicted octanol–water partition coefficient (Wildman–Crippen LogP) is 2.45. The minimum atomic E-state index is 0.130. The van der Waals surface area contributed by atoms with Gasteiger partial charge in [-0.25, -0.2) is 0 Å². The third-order valence-electron chi connectivity index (χ3n) is 2.93. The largest absolute Gasteiger partial charge is 0.497 e. The minimum Gasteiger partial charge on any atom is -0.497 e. The van der Waals surface area contributed by atoms with Gasteiger partial charge in [-0.2, -0.15) is 0 Å². The maximum Gasteiger partial charge on any atom is 0.140 e. The van der Waals surface area contributed by atoms with E-state index < -0.39 is 0 Å². The fourth-order valence-electron chi connectivity index (χ4n) is 1.86. The molecule has 2 heteroatoms. The Morgan fingerprint density at radius 1 is 1.43 bits per heavy atom. The fraction of sp³-hybridized carbons (Fsp3) is 0.417. The van der Waals surface area contributed by atoms with Crippen LogP contribution in [0.4, 0.5) is 0 Å². The van der Waals surface area contributed by atoms with E-state index in [1.54, 1.807) is 7.11 Å². The number of Topliss-reactive ketones (excluding diaryl/α,β-unsaturated/α-hetero) is 1. The van der Waals surface area contributed by atoms with Crippen molar-refractivity contribution in [2.45, 2.75) is 25.7 Å². The van der Waals surface area contributed by atoms with Crippen molar-refractivity contribution in [3.05, 3.63) is 29.3 Å². The van der Waals surface area contributed by atoms with Crippen molar-refractivity contribution in [1.29, 1.82) is 0 Å². The van der Waals surface area contributed by atoms with Crippen LogP contribution in [-0.2, 0) is 4.79 Å². The van der Waals surface area contributed by atoms with Gasteiger partial charge >= 0.3 is 0 Å². The minimum absolute atomic E-state index is 0.130. The summed E-state index contributed by atoms with van der Waals surface area (Å²) < 4.78 is 5.15. The predicted molar refractivity (Wildman–Crippen MR) is 54.7 cm³/mol. The Balaban J connectivity index is 2.35. The van der Waals surface area contributed by atoms with E-state index in [0.29, 0.717) is 5.78 Å². The van der Waals surface area contributed by atoms with E-state index in [0.717, 1.165) is 24.2 Å². The second-order valence-electron chi connectivity index (χ2n) is 3.78. The van der Waals surface area contributed by atoms with Crippen LogP contribution in [0.3, 0.4) is 0 Å². The molecule has 1 aromatic rings. The molecule has 0 N–H and O–H groups in total. The van der Waals surface area contributed by atoms with Gasteiger partial charge in [-0.05, 0) is 36.6 Å². The van der Waals surface area contributed by atoms with Gasteiger partial charge in [-0.15, -0.1) is 0 Å². The van der Waals surface area contributed by atoms with E-state index in [4.69, 9.17) is 4.74 Å². The van der Waals surface area contributed by atoms with Crippen molar-refractivity contribution in [2.24, 2.45) is 0 Å². The third kappa shape index (κ3) is 1.41. The van der Waals surface area contributed by atoms with Crippen LogP contribution in [0.2, 0.25) is 0 Å². The van der Waals surface area contributed by atoms with Gasteiger partial charge in [0.05, 0.1) is 7.11 Å². The quantitative estimate of drug-likeness (QED) is 0.716. The number of methoxy groups -OCH3 is 1. The zero-order valence-corrected chi connectivity index (χ0v) is 8.54. The Morgan fingerprint density at radius 3 is 2.71 bits per heavy atom. The Kier molecular flexibility index (Phi) is 2.28. The van der Waals surface area contributed by atoms with Crippen LogP contribution < -0.4 is 4.74 Å². The van der Waals surface area contributed by atoms with Gasteiger partial charge < -0.3 is 4.74 Å². The monoisotopic (exact) mass is 190 g/mol. The van der Waals surface area contributed by atoms with E-state index >= 15 is 0 Å². The number of carbonyl (C=O) groups excluding carboxylic acids is 1. The van der Waals surface area contributed by atoms with Gasteiger partial charge in [0.1, 0.15) is 11.5 Å². The molecule has 14 heavy (non-hydrogen) atoms. The van der Waals surface area contributed by atoms with Gasteiger partial charge in [0.2, 0.25) is 0 Å². The van der Waals surface area contributed by atoms with Gasteiger partial charge in [0.25, 0.3) is 0 Å². The van der Waals surface area contributed by atoms with Crippen molar-refractivity contribution in [3.8, 4) is 5.75 Å². The molecule has 2 rings (SSSR count). The van der Waals surface area contributed by atoms with E-state index in [1.807, 2.05) is 25.1 Å². The molecular formula is C12H14O2. The topological polar surface area (TPSA) is 26.3 Å². The van der Waals surface area contributed by atoms with E-state index in [1.165, 1.54) is 5.56 Å². The van der Waals surface area contributed by atoms with E-state index in [2.05, 4.69) is 0 Å². The summed E-state index contributed by atoms with van der Waals surface area (Å²) in [6.45, 7) is 2.04. The molecule has 0 saturated heterocycles. The smallest absolute Gasteiger partial charge is 0.140 e. The summed E-state index contributed by atoms with van der Waals surface area (Å²) in [5, 5.41) is 0. The highest BCUT2D eigenvalue weighted by Gasteiger charge is 2.30. The maximum atomic E-state index is 11.3. The molecular weight excluding hydrogens is 176 g/mol. The molecule has 1 aliphatic rings. The molecule has 2 nitrogen and oxygen atoms in total. The number of benzene rings is 1. The molecule has 0 spiro atoms. The molecule has 74 valence electrons. The van der Waals surface area contributed by atoms with Crippen LogP contribution in [0.15, 0.2) is 18.2 Å². The highest BCUT2D eigenvalue weighted by atomic mass is 16.5. The van der Waals surface area contributed by atoms with Crippen molar-refractivity contribution in [3.63, 3.8) is 0 Å². The summed E-state index contributed by atoms with van der Waals surface area (Å²) in [5.41, 5.74) is 2.32. The van der Waals surface area contributed by atoms with Crippen LogP contribution in [0.25, 0.3) is 0 Å². The van der Waals surface area contributed by atoms with Crippen LogP contribution in [0, 0.1) is 6.92 Å². The number of ether oxygens (including phenoxy) is 1. The Labute approximate surface area is 83.9 Å². The molecule has 1 aliphatic carbocycles. The maximum absolute atomic E-state index is 11.3. The molecule has 0 amide bonds. The van der Waals surface area contributed by atoms with Crippen LogP contribution in [0.5, 0.6) is 5.75 Å². The van der Waals surface area contributed by atoms with Crippen LogP contribution >= 0.6 is 0 Å². The molecule has 0 radical (unpaired) electrons. The van der Waals surface area contributed by atoms with Crippen molar-refractivity contribution >= 4 is 5.78 Å². The van der Waals surface area contributed by atoms with Crippen molar-refractivity contribution in [1.82, 2.24) is 0 Å². The van der Waals surface area contributed by atoms with E-state index in [-0.39, 0.29) is 5.92 Å². The third-order valence-corrected chi connectivity index (χ3v) is 2.93. The molecule has 1 unspecified atom stereocenters. The molecule has 1 fully saturated rings. The lowest BCUT2D eigenvalue weighted by molar-refractivity contribution is -0.125. The second kappa shape index (κ2) is 3.45. The summed E-state index contributed by atoms with van der Waals surface area (Å²) in [5.74, 6) is 1.33. The number of hydrogen-bond acceptors (Lipinski definition) is 2. The SMILES string of the molecule is COc1ccc(C)c(C2CCC2=O)c1. The summed E-state index contributed by atoms with van der Waals surface area (Å²) in [7, 11) is 1.65. The van der Waals surface area contributed by atoms with Crippen LogP contribution in [0.1, 0.15) is 29.9 Å². The first-order valence-corrected chi connectivity index (χ1v) is 4.89. The lowest BCUT2D eigenvalue weighted by atomic mass is 9.77. The van der Waals surface area contributed by atoms with Crippen molar-refractivity contribution < 1.29 is 9.53 Å². The number of ketones is 1.